The molecule has 0 saturated carbocycles. The Labute approximate surface area is 267 Å². The Balaban J connectivity index is 0.000000691. The van der Waals surface area contributed by atoms with Crippen molar-refractivity contribution in [3.63, 3.8) is 0 Å². The number of benzene rings is 4. The van der Waals surface area contributed by atoms with Crippen LogP contribution in [0.5, 0.6) is 5.75 Å². The zero-order chi connectivity index (χ0) is 27.0. The molecule has 0 radical (unpaired) electrons. The zero-order valence-corrected chi connectivity index (χ0v) is 29.9. The molecule has 0 heterocycles. The predicted octanol–water partition coefficient (Wildman–Crippen LogP) is 3.32. The molecule has 0 aromatic heterocycles. The molecule has 0 bridgehead atoms. The van der Waals surface area contributed by atoms with Gasteiger partial charge in [0.25, 0.3) is 0 Å². The largest absolute Gasteiger partial charge is 1.00 e. The van der Waals surface area contributed by atoms with Crippen molar-refractivity contribution in [2.75, 3.05) is 0 Å². The molecule has 1 atom stereocenters. The minimum atomic E-state index is -1.74. The molecule has 0 amide bonds. The van der Waals surface area contributed by atoms with Crippen LogP contribution in [-0.4, -0.2) is 20.0 Å². The fourth-order valence-corrected chi connectivity index (χ4v) is 6.59. The summed E-state index contributed by atoms with van der Waals surface area (Å²) in [5.41, 5.74) is 8.05. The number of ether oxygens (including phenoxy) is 1. The van der Waals surface area contributed by atoms with Crippen LogP contribution in [0.4, 0.5) is 0 Å². The average molecular weight is 682 g/mol. The Bertz CT molecular complexity index is 1600. The van der Waals surface area contributed by atoms with Gasteiger partial charge in [-0.05, 0) is 61.3 Å². The maximum atomic E-state index is 6.58. The van der Waals surface area contributed by atoms with Crippen LogP contribution in [0.1, 0.15) is 18.1 Å². The van der Waals surface area contributed by atoms with E-state index in [1.165, 1.54) is 54.9 Å². The number of rotatable bonds is 5. The number of halogens is 2. The van der Waals surface area contributed by atoms with Crippen molar-refractivity contribution >= 4 is 35.3 Å². The Hall–Kier alpha value is -1.59. The van der Waals surface area contributed by atoms with Gasteiger partial charge in [0.2, 0.25) is 0 Å². The molecule has 1 aliphatic carbocycles. The van der Waals surface area contributed by atoms with Gasteiger partial charge in [-0.2, -0.15) is 0 Å². The standard InChI is InChI=1S/C31H29O2Si.C2H6Si.2ClH.Zr/c1-20(33-34(2,3)4)32-29-18-17-25-22-12-6-5-11-21(22)19-28(25)31(29)30-26-15-9-7-13-23(26)24-14-8-10-16-27(24)30;1-3-2;;;/h5-18,20H,19H2,1-4H3;1-2H3;2*1H;/q-1;;;;+2/p-2. The van der Waals surface area contributed by atoms with E-state index in [0.29, 0.717) is 0 Å². The van der Waals surface area contributed by atoms with Crippen molar-refractivity contribution in [2.45, 2.75) is 52.4 Å². The smallest absolute Gasteiger partial charge is 1.00 e. The van der Waals surface area contributed by atoms with E-state index in [0.717, 1.165) is 12.2 Å². The van der Waals surface area contributed by atoms with Crippen molar-refractivity contribution < 1.29 is 57.3 Å². The molecule has 0 fully saturated rings. The Kier molecular flexibility index (Phi) is 11.2. The van der Waals surface area contributed by atoms with Gasteiger partial charge >= 0.3 is 41.9 Å². The Morgan fingerprint density at radius 2 is 1.30 bits per heavy atom. The summed E-state index contributed by atoms with van der Waals surface area (Å²) in [4.78, 5) is 0. The van der Waals surface area contributed by atoms with Crippen molar-refractivity contribution in [1.82, 2.24) is 0 Å². The second-order valence-corrected chi connectivity index (χ2v) is 25.0. The minimum absolute atomic E-state index is 0. The quantitative estimate of drug-likeness (QED) is 0.158. The fourth-order valence-electron chi connectivity index (χ4n) is 5.55. The van der Waals surface area contributed by atoms with Crippen molar-refractivity contribution in [2.24, 2.45) is 0 Å². The first kappa shape index (κ1) is 32.9. The first-order chi connectivity index (χ1) is 18.1. The van der Waals surface area contributed by atoms with E-state index >= 15 is 0 Å². The SMILES string of the molecule is CC(Oc1ccc2c(c1-[c-]1c3ccccc3c3ccccc31)Cc1ccccc1-2)O[Si](C)(C)C.C[Si](C)=[Zr+2].[Cl-].[Cl-]. The average Bonchev–Trinajstić information content (AvgIpc) is 3.39. The maximum absolute atomic E-state index is 6.58. The van der Waals surface area contributed by atoms with Gasteiger partial charge in [-0.1, -0.05) is 112 Å². The summed E-state index contributed by atoms with van der Waals surface area (Å²) >= 11 is 1.74. The first-order valence-electron chi connectivity index (χ1n) is 13.3. The van der Waals surface area contributed by atoms with Gasteiger partial charge in [0.15, 0.2) is 14.6 Å². The molecule has 0 saturated heterocycles. The molecule has 0 N–H and O–H groups in total. The monoisotopic (exact) mass is 679 g/mol. The molecule has 206 valence electrons. The third-order valence-electron chi connectivity index (χ3n) is 6.69. The molecule has 40 heavy (non-hydrogen) atoms. The normalized spacial score (nSPS) is 12.4. The molecule has 1 unspecified atom stereocenters. The van der Waals surface area contributed by atoms with Gasteiger partial charge in [0.05, 0.1) is 5.75 Å². The minimum Gasteiger partial charge on any atom is -1.00 e. The van der Waals surface area contributed by atoms with Crippen LogP contribution in [0.3, 0.4) is 0 Å². The topological polar surface area (TPSA) is 18.5 Å². The van der Waals surface area contributed by atoms with Gasteiger partial charge in [-0.3, -0.25) is 0 Å². The first-order valence-corrected chi connectivity index (χ1v) is 22.9. The summed E-state index contributed by atoms with van der Waals surface area (Å²) in [6, 6.07) is 30.6. The van der Waals surface area contributed by atoms with E-state index in [1.807, 2.05) is 6.92 Å². The molecule has 5 aromatic rings. The molecule has 6 rings (SSSR count). The zero-order valence-electron chi connectivity index (χ0n) is 23.9. The maximum Gasteiger partial charge on any atom is -1.00 e. The van der Waals surface area contributed by atoms with E-state index in [1.54, 1.807) is 23.3 Å². The van der Waals surface area contributed by atoms with Crippen LogP contribution in [0.2, 0.25) is 32.7 Å². The van der Waals surface area contributed by atoms with Crippen LogP contribution in [0.25, 0.3) is 43.8 Å². The van der Waals surface area contributed by atoms with Crippen molar-refractivity contribution in [1.29, 1.82) is 0 Å². The van der Waals surface area contributed by atoms with E-state index in [2.05, 4.69) is 118 Å². The summed E-state index contributed by atoms with van der Waals surface area (Å²) in [7, 11) is -1.74. The van der Waals surface area contributed by atoms with Gasteiger partial charge < -0.3 is 34.0 Å². The third kappa shape index (κ3) is 6.89. The molecule has 0 spiro atoms. The second kappa shape index (κ2) is 13.6. The summed E-state index contributed by atoms with van der Waals surface area (Å²) in [6.45, 7) is 13.2. The van der Waals surface area contributed by atoms with E-state index in [9.17, 15) is 0 Å². The third-order valence-corrected chi connectivity index (χ3v) is 7.73. The Morgan fingerprint density at radius 3 is 1.88 bits per heavy atom. The second-order valence-electron chi connectivity index (χ2n) is 11.2. The number of fused-ring (bicyclic) bond motifs is 6. The van der Waals surface area contributed by atoms with E-state index in [-0.39, 0.29) is 36.5 Å². The Morgan fingerprint density at radius 1 is 0.775 bits per heavy atom. The molecule has 1 aliphatic rings. The van der Waals surface area contributed by atoms with Crippen LogP contribution in [-0.2, 0) is 34.2 Å². The van der Waals surface area contributed by atoms with Gasteiger partial charge in [0.1, 0.15) is 0 Å². The van der Waals surface area contributed by atoms with Crippen LogP contribution >= 0.6 is 0 Å². The number of hydrogen-bond donors (Lipinski definition) is 0. The summed E-state index contributed by atoms with van der Waals surface area (Å²) in [6.07, 6.45) is 0.606. The van der Waals surface area contributed by atoms with Crippen LogP contribution in [0.15, 0.2) is 84.9 Å². The van der Waals surface area contributed by atoms with E-state index in [4.69, 9.17) is 9.16 Å². The van der Waals surface area contributed by atoms with Gasteiger partial charge in [-0.15, -0.1) is 0 Å². The van der Waals surface area contributed by atoms with E-state index < -0.39 is 8.32 Å². The summed E-state index contributed by atoms with van der Waals surface area (Å²) in [5.74, 6) is 0.902. The van der Waals surface area contributed by atoms with Crippen molar-refractivity contribution in [3.8, 4) is 28.0 Å². The summed E-state index contributed by atoms with van der Waals surface area (Å²) in [5, 5.41) is 5.13. The van der Waals surface area contributed by atoms with Gasteiger partial charge in [0, 0.05) is 0 Å². The molecule has 5 aromatic carbocycles. The number of hydrogen-bond acceptors (Lipinski definition) is 2. The molecular weight excluding hydrogens is 647 g/mol. The van der Waals surface area contributed by atoms with Crippen LogP contribution in [0, 0.1) is 0 Å². The van der Waals surface area contributed by atoms with Crippen molar-refractivity contribution in [3.05, 3.63) is 96.1 Å². The fraction of sp³-hybridized carbons (Fsp3) is 0.242. The molecule has 2 nitrogen and oxygen atoms in total. The van der Waals surface area contributed by atoms with Gasteiger partial charge in [-0.25, -0.2) is 0 Å². The van der Waals surface area contributed by atoms with Crippen LogP contribution < -0.4 is 29.6 Å². The molecule has 7 heteroatoms. The molecular formula is C33H35Cl2O2Si2Zr-. The molecule has 0 aliphatic heterocycles. The predicted molar refractivity (Wildman–Crippen MR) is 163 cm³/mol. The summed E-state index contributed by atoms with van der Waals surface area (Å²) < 4.78 is 12.9.